The first-order valence-corrected chi connectivity index (χ1v) is 15.5. The number of unbranched alkanes of at least 4 members (excludes halogenated alkanes) is 2. The van der Waals surface area contributed by atoms with Crippen LogP contribution in [0.2, 0.25) is 0 Å². The average Bonchev–Trinajstić information content (AvgIpc) is 3.65. The van der Waals surface area contributed by atoms with Crippen molar-refractivity contribution >= 4 is 17.5 Å². The predicted octanol–water partition coefficient (Wildman–Crippen LogP) is 4.12. The van der Waals surface area contributed by atoms with Gasteiger partial charge in [0.25, 0.3) is 5.60 Å². The van der Waals surface area contributed by atoms with Gasteiger partial charge in [0.05, 0.1) is 6.17 Å². The number of fused-ring (bicyclic) bond motifs is 2. The van der Waals surface area contributed by atoms with Crippen LogP contribution in [0.25, 0.3) is 0 Å². The number of epoxide rings is 1. The molecule has 39 heavy (non-hydrogen) atoms. The number of allylic oxidation sites excluding steroid dienone is 1. The first kappa shape index (κ1) is 30.4. The first-order chi connectivity index (χ1) is 18.8. The van der Waals surface area contributed by atoms with E-state index in [1.54, 1.807) is 0 Å². The second-order valence-electron chi connectivity index (χ2n) is 12.5. The van der Waals surface area contributed by atoms with E-state index in [0.29, 0.717) is 38.0 Å². The second kappa shape index (κ2) is 13.4. The van der Waals surface area contributed by atoms with Gasteiger partial charge < -0.3 is 25.6 Å². The van der Waals surface area contributed by atoms with Gasteiger partial charge in [-0.2, -0.15) is 0 Å². The summed E-state index contributed by atoms with van der Waals surface area (Å²) in [6.45, 7) is 5.12. The molecule has 4 N–H and O–H groups in total. The first-order valence-electron chi connectivity index (χ1n) is 15.5. The van der Waals surface area contributed by atoms with Crippen molar-refractivity contribution in [3.63, 3.8) is 0 Å². The van der Waals surface area contributed by atoms with Crippen molar-refractivity contribution in [1.29, 1.82) is 0 Å². The SMILES string of the molecule is CCCCC[C@H](CCCO)OC(=O)[C@]12O[C@@]1(CC=C(C)CCC1CCNC(N)C1)C(=O)C1CCCCC1C2=O. The van der Waals surface area contributed by atoms with Gasteiger partial charge in [-0.15, -0.1) is 0 Å². The van der Waals surface area contributed by atoms with Crippen LogP contribution in [0.4, 0.5) is 0 Å². The maximum atomic E-state index is 13.9. The Bertz CT molecular complexity index is 921. The van der Waals surface area contributed by atoms with Crippen LogP contribution in [-0.4, -0.2) is 59.3 Å². The monoisotopic (exact) mass is 546 g/mol. The molecule has 2 saturated heterocycles. The highest BCUT2D eigenvalue weighted by molar-refractivity contribution is 6.23. The maximum absolute atomic E-state index is 13.9. The lowest BCUT2D eigenvalue weighted by Crippen LogP contribution is -2.58. The van der Waals surface area contributed by atoms with E-state index in [-0.39, 0.29) is 36.7 Å². The molecule has 4 unspecified atom stereocenters. The van der Waals surface area contributed by atoms with Crippen molar-refractivity contribution in [2.75, 3.05) is 13.2 Å². The molecule has 2 saturated carbocycles. The molecule has 220 valence electrons. The summed E-state index contributed by atoms with van der Waals surface area (Å²) in [6.07, 6.45) is 13.7. The maximum Gasteiger partial charge on any atom is 0.350 e. The van der Waals surface area contributed by atoms with E-state index >= 15 is 0 Å². The molecule has 0 amide bonds. The van der Waals surface area contributed by atoms with Crippen LogP contribution in [0.3, 0.4) is 0 Å². The van der Waals surface area contributed by atoms with Crippen molar-refractivity contribution in [2.45, 2.75) is 134 Å². The summed E-state index contributed by atoms with van der Waals surface area (Å²) in [5.41, 5.74) is 3.94. The average molecular weight is 547 g/mol. The Balaban J connectivity index is 1.50. The highest BCUT2D eigenvalue weighted by Gasteiger charge is 2.87. The number of rotatable bonds is 14. The summed E-state index contributed by atoms with van der Waals surface area (Å²) in [6, 6.07) is 0. The minimum absolute atomic E-state index is 0.0158. The number of piperidine rings is 1. The van der Waals surface area contributed by atoms with E-state index in [1.807, 2.05) is 6.08 Å². The lowest BCUT2D eigenvalue weighted by Gasteiger charge is -2.37. The molecule has 4 rings (SSSR count). The fourth-order valence-electron chi connectivity index (χ4n) is 7.21. The lowest BCUT2D eigenvalue weighted by molar-refractivity contribution is -0.163. The number of esters is 1. The van der Waals surface area contributed by atoms with Crippen LogP contribution in [0, 0.1) is 17.8 Å². The van der Waals surface area contributed by atoms with Gasteiger partial charge in [-0.1, -0.05) is 44.3 Å². The van der Waals surface area contributed by atoms with Crippen molar-refractivity contribution < 1.29 is 29.0 Å². The molecule has 0 aromatic heterocycles. The van der Waals surface area contributed by atoms with Crippen LogP contribution in [0.5, 0.6) is 0 Å². The number of ether oxygens (including phenoxy) is 2. The predicted molar refractivity (Wildman–Crippen MR) is 149 cm³/mol. The van der Waals surface area contributed by atoms with Gasteiger partial charge in [0.1, 0.15) is 6.10 Å². The van der Waals surface area contributed by atoms with Gasteiger partial charge in [-0.25, -0.2) is 4.79 Å². The third kappa shape index (κ3) is 6.34. The minimum atomic E-state index is -1.82. The number of carbonyl (C=O) groups is 3. The lowest BCUT2D eigenvalue weighted by atomic mass is 9.61. The minimum Gasteiger partial charge on any atom is -0.460 e. The van der Waals surface area contributed by atoms with Crippen LogP contribution in [0.15, 0.2) is 11.6 Å². The van der Waals surface area contributed by atoms with Crippen LogP contribution in [0.1, 0.15) is 110 Å². The number of Topliss-reactive ketones (excluding diaryl/α,β-unsaturated/α-hetero) is 2. The summed E-state index contributed by atoms with van der Waals surface area (Å²) in [5.74, 6) is -1.29. The van der Waals surface area contributed by atoms with Gasteiger partial charge >= 0.3 is 5.97 Å². The van der Waals surface area contributed by atoms with Gasteiger partial charge in [-0.3, -0.25) is 9.59 Å². The molecule has 4 fully saturated rings. The molecule has 2 aliphatic heterocycles. The van der Waals surface area contributed by atoms with Crippen molar-refractivity contribution in [3.05, 3.63) is 11.6 Å². The molecule has 8 heteroatoms. The topological polar surface area (TPSA) is 131 Å². The second-order valence-corrected chi connectivity index (χ2v) is 12.5. The smallest absolute Gasteiger partial charge is 0.350 e. The summed E-state index contributed by atoms with van der Waals surface area (Å²) >= 11 is 0. The zero-order chi connectivity index (χ0) is 28.0. The Hall–Kier alpha value is -1.61. The number of hydrogen-bond donors (Lipinski definition) is 3. The third-order valence-electron chi connectivity index (χ3n) is 9.65. The van der Waals surface area contributed by atoms with Crippen molar-refractivity contribution in [2.24, 2.45) is 23.5 Å². The molecule has 0 spiro atoms. The number of hydrogen-bond acceptors (Lipinski definition) is 8. The zero-order valence-corrected chi connectivity index (χ0v) is 24.1. The van der Waals surface area contributed by atoms with Crippen molar-refractivity contribution in [1.82, 2.24) is 5.32 Å². The molecule has 2 aliphatic carbocycles. The molecule has 0 aromatic carbocycles. The molecular weight excluding hydrogens is 496 g/mol. The normalized spacial score (nSPS) is 35.2. The van der Waals surface area contributed by atoms with Gasteiger partial charge in [-0.05, 0) is 83.6 Å². The van der Waals surface area contributed by atoms with E-state index in [0.717, 1.165) is 69.9 Å². The number of ketones is 2. The van der Waals surface area contributed by atoms with E-state index in [2.05, 4.69) is 19.2 Å². The molecule has 8 nitrogen and oxygen atoms in total. The number of aliphatic hydroxyl groups is 1. The molecular formula is C31H50N2O6. The highest BCUT2D eigenvalue weighted by atomic mass is 16.7. The number of nitrogens with two attached hydrogens (primary N) is 1. The molecule has 4 aliphatic rings. The van der Waals surface area contributed by atoms with Crippen molar-refractivity contribution in [3.8, 4) is 0 Å². The molecule has 2 heterocycles. The molecule has 0 aromatic rings. The molecule has 0 bridgehead atoms. The van der Waals surface area contributed by atoms with E-state index in [4.69, 9.17) is 15.2 Å². The third-order valence-corrected chi connectivity index (χ3v) is 9.65. The Morgan fingerprint density at radius 2 is 1.87 bits per heavy atom. The summed E-state index contributed by atoms with van der Waals surface area (Å²) in [7, 11) is 0. The van der Waals surface area contributed by atoms with Crippen LogP contribution < -0.4 is 11.1 Å². The zero-order valence-electron chi connectivity index (χ0n) is 24.1. The molecule has 0 radical (unpaired) electrons. The number of nitrogens with one attached hydrogen (secondary N) is 1. The van der Waals surface area contributed by atoms with Crippen LogP contribution in [-0.2, 0) is 23.9 Å². The van der Waals surface area contributed by atoms with Gasteiger partial charge in [0.2, 0.25) is 0 Å². The Labute approximate surface area is 233 Å². The standard InChI is InChI=1S/C31H50N2O6/c1-3-4-5-9-23(10-8-19-34)38-29(37)31-28(36)25-12-7-6-11-24(25)27(35)30(31,39-31)17-15-21(2)13-14-22-16-18-33-26(32)20-22/h15,22-26,33-34H,3-14,16-20,32H2,1-2H3/t22?,23-,24?,25?,26?,30+,31+/m1/s1. The molecule has 7 atom stereocenters. The fraction of sp³-hybridized carbons (Fsp3) is 0.839. The van der Waals surface area contributed by atoms with Gasteiger partial charge in [0.15, 0.2) is 17.2 Å². The number of carbonyl (C=O) groups excluding carboxylic acids is 3. The summed E-state index contributed by atoms with van der Waals surface area (Å²) in [4.78, 5) is 41.6. The summed E-state index contributed by atoms with van der Waals surface area (Å²) < 4.78 is 12.1. The van der Waals surface area contributed by atoms with Gasteiger partial charge in [0, 0.05) is 24.9 Å². The quantitative estimate of drug-likeness (QED) is 0.0975. The van der Waals surface area contributed by atoms with E-state index in [1.165, 1.54) is 0 Å². The fourth-order valence-corrected chi connectivity index (χ4v) is 7.21. The number of aliphatic hydroxyl groups excluding tert-OH is 1. The van der Waals surface area contributed by atoms with E-state index in [9.17, 15) is 19.5 Å². The van der Waals surface area contributed by atoms with Crippen LogP contribution >= 0.6 is 0 Å². The van der Waals surface area contributed by atoms with E-state index < -0.39 is 29.2 Å². The highest BCUT2D eigenvalue weighted by Crippen LogP contribution is 2.61. The Kier molecular flexibility index (Phi) is 10.4. The Morgan fingerprint density at radius 3 is 2.56 bits per heavy atom. The summed E-state index contributed by atoms with van der Waals surface area (Å²) in [5, 5.41) is 12.6. The Morgan fingerprint density at radius 1 is 1.15 bits per heavy atom. The largest absolute Gasteiger partial charge is 0.460 e.